The lowest BCUT2D eigenvalue weighted by Gasteiger charge is -2.15. The minimum Gasteiger partial charge on any atom is -0.318 e. The van der Waals surface area contributed by atoms with Crippen molar-refractivity contribution in [3.05, 3.63) is 27.6 Å². The Morgan fingerprint density at radius 2 is 2.41 bits per heavy atom. The molecule has 6 heteroatoms. The lowest BCUT2D eigenvalue weighted by Crippen LogP contribution is -2.28. The zero-order valence-electron chi connectivity index (χ0n) is 9.99. The van der Waals surface area contributed by atoms with Crippen LogP contribution in [0, 0.1) is 0 Å². The average Bonchev–Trinajstić information content (AvgIpc) is 2.75. The van der Waals surface area contributed by atoms with Crippen molar-refractivity contribution in [3.63, 3.8) is 0 Å². The summed E-state index contributed by atoms with van der Waals surface area (Å²) in [4.78, 5) is 21.1. The van der Waals surface area contributed by atoms with E-state index in [1.807, 2.05) is 25.5 Å². The highest BCUT2D eigenvalue weighted by molar-refractivity contribution is 7.17. The molecule has 0 fully saturated rings. The summed E-state index contributed by atoms with van der Waals surface area (Å²) in [5, 5.41) is 4.98. The van der Waals surface area contributed by atoms with Gasteiger partial charge in [0.15, 0.2) is 0 Å². The maximum atomic E-state index is 11.7. The van der Waals surface area contributed by atoms with Gasteiger partial charge in [-0.25, -0.2) is 4.98 Å². The number of nitrogens with zero attached hydrogens (tertiary/aromatic N) is 2. The Hall–Kier alpha value is -1.24. The SMILES string of the molecule is CNCCN(C)Cc1nc2ccsc2c(=O)[nH]1. The molecule has 2 heterocycles. The average molecular weight is 252 g/mol. The number of aromatic nitrogens is 2. The van der Waals surface area contributed by atoms with Crippen molar-refractivity contribution in [3.8, 4) is 0 Å². The molecule has 0 atom stereocenters. The third-order valence-electron chi connectivity index (χ3n) is 2.53. The molecule has 0 unspecified atom stereocenters. The molecule has 0 radical (unpaired) electrons. The first-order valence-electron chi connectivity index (χ1n) is 5.50. The minimum atomic E-state index is -0.0398. The Balaban J connectivity index is 2.16. The number of aromatic amines is 1. The maximum Gasteiger partial charge on any atom is 0.268 e. The van der Waals surface area contributed by atoms with Crippen LogP contribution in [0.1, 0.15) is 5.82 Å². The normalized spacial score (nSPS) is 11.5. The molecule has 2 N–H and O–H groups in total. The molecule has 0 saturated carbocycles. The molecule has 0 aliphatic rings. The van der Waals surface area contributed by atoms with Crippen LogP contribution < -0.4 is 10.9 Å². The van der Waals surface area contributed by atoms with E-state index in [0.29, 0.717) is 11.2 Å². The van der Waals surface area contributed by atoms with Crippen LogP contribution in [0.3, 0.4) is 0 Å². The van der Waals surface area contributed by atoms with Crippen molar-refractivity contribution in [2.24, 2.45) is 0 Å². The first kappa shape index (κ1) is 12.2. The third kappa shape index (κ3) is 2.91. The molecule has 0 bridgehead atoms. The topological polar surface area (TPSA) is 61.0 Å². The zero-order chi connectivity index (χ0) is 12.3. The molecule has 2 rings (SSSR count). The van der Waals surface area contributed by atoms with Gasteiger partial charge in [0.2, 0.25) is 0 Å². The highest BCUT2D eigenvalue weighted by Gasteiger charge is 2.06. The predicted octanol–water partition coefficient (Wildman–Crippen LogP) is 0.636. The summed E-state index contributed by atoms with van der Waals surface area (Å²) in [5.74, 6) is 0.722. The summed E-state index contributed by atoms with van der Waals surface area (Å²) < 4.78 is 0.701. The number of thiophene rings is 1. The van der Waals surface area contributed by atoms with Gasteiger partial charge in [-0.2, -0.15) is 0 Å². The van der Waals surface area contributed by atoms with Crippen molar-refractivity contribution in [2.75, 3.05) is 27.2 Å². The van der Waals surface area contributed by atoms with Crippen LogP contribution in [-0.4, -0.2) is 42.1 Å². The van der Waals surface area contributed by atoms with Crippen molar-refractivity contribution in [1.29, 1.82) is 0 Å². The van der Waals surface area contributed by atoms with Gasteiger partial charge < -0.3 is 10.3 Å². The van der Waals surface area contributed by atoms with Gasteiger partial charge in [-0.3, -0.25) is 9.69 Å². The summed E-state index contributed by atoms with van der Waals surface area (Å²) in [5.41, 5.74) is 0.748. The lowest BCUT2D eigenvalue weighted by atomic mass is 10.4. The highest BCUT2D eigenvalue weighted by atomic mass is 32.1. The fourth-order valence-electron chi connectivity index (χ4n) is 1.63. The van der Waals surface area contributed by atoms with Crippen LogP contribution in [0.4, 0.5) is 0 Å². The molecule has 0 amide bonds. The number of likely N-dealkylation sites (N-methyl/N-ethyl adjacent to an activating group) is 2. The Kier molecular flexibility index (Phi) is 3.88. The Morgan fingerprint density at radius 1 is 1.59 bits per heavy atom. The van der Waals surface area contributed by atoms with Gasteiger partial charge in [0, 0.05) is 13.1 Å². The van der Waals surface area contributed by atoms with E-state index in [4.69, 9.17) is 0 Å². The first-order valence-corrected chi connectivity index (χ1v) is 6.38. The molecule has 0 aromatic carbocycles. The molecule has 0 saturated heterocycles. The smallest absolute Gasteiger partial charge is 0.268 e. The molecule has 0 aliphatic heterocycles. The van der Waals surface area contributed by atoms with Crippen molar-refractivity contribution >= 4 is 21.6 Å². The van der Waals surface area contributed by atoms with E-state index >= 15 is 0 Å². The number of hydrogen-bond donors (Lipinski definition) is 2. The molecule has 92 valence electrons. The second kappa shape index (κ2) is 5.39. The zero-order valence-corrected chi connectivity index (χ0v) is 10.8. The van der Waals surface area contributed by atoms with Crippen LogP contribution >= 0.6 is 11.3 Å². The second-order valence-electron chi connectivity index (χ2n) is 3.99. The van der Waals surface area contributed by atoms with E-state index in [9.17, 15) is 4.79 Å². The van der Waals surface area contributed by atoms with E-state index in [0.717, 1.165) is 24.4 Å². The van der Waals surface area contributed by atoms with Crippen molar-refractivity contribution in [2.45, 2.75) is 6.54 Å². The maximum absolute atomic E-state index is 11.7. The minimum absolute atomic E-state index is 0.0398. The van der Waals surface area contributed by atoms with Gasteiger partial charge in [-0.05, 0) is 25.5 Å². The fourth-order valence-corrected chi connectivity index (χ4v) is 2.36. The Morgan fingerprint density at radius 3 is 3.18 bits per heavy atom. The summed E-state index contributed by atoms with van der Waals surface area (Å²) in [6.45, 7) is 2.49. The lowest BCUT2D eigenvalue weighted by molar-refractivity contribution is 0.320. The number of rotatable bonds is 5. The van der Waals surface area contributed by atoms with Crippen LogP contribution in [0.5, 0.6) is 0 Å². The van der Waals surface area contributed by atoms with Gasteiger partial charge in [0.05, 0.1) is 12.1 Å². The molecule has 17 heavy (non-hydrogen) atoms. The molecule has 0 aliphatic carbocycles. The molecule has 0 spiro atoms. The molecular formula is C11H16N4OS. The summed E-state index contributed by atoms with van der Waals surface area (Å²) in [6, 6.07) is 1.88. The second-order valence-corrected chi connectivity index (χ2v) is 4.91. The molecule has 2 aromatic rings. The Labute approximate surface area is 103 Å². The van der Waals surface area contributed by atoms with Crippen LogP contribution in [0.15, 0.2) is 16.2 Å². The van der Waals surface area contributed by atoms with Crippen LogP contribution in [-0.2, 0) is 6.54 Å². The molecular weight excluding hydrogens is 236 g/mol. The summed E-state index contributed by atoms with van der Waals surface area (Å²) >= 11 is 1.43. The standard InChI is InChI=1S/C11H16N4OS/c1-12-4-5-15(2)7-9-13-8-3-6-17-10(8)11(16)14-9/h3,6,12H,4-5,7H2,1-2H3,(H,13,14,16). The largest absolute Gasteiger partial charge is 0.318 e. The molecule has 5 nitrogen and oxygen atoms in total. The monoisotopic (exact) mass is 252 g/mol. The predicted molar refractivity (Wildman–Crippen MR) is 70.5 cm³/mol. The quantitative estimate of drug-likeness (QED) is 0.819. The third-order valence-corrected chi connectivity index (χ3v) is 3.43. The van der Waals surface area contributed by atoms with Gasteiger partial charge in [0.25, 0.3) is 5.56 Å². The van der Waals surface area contributed by atoms with Gasteiger partial charge in [-0.1, -0.05) is 0 Å². The first-order chi connectivity index (χ1) is 8.20. The molecule has 2 aromatic heterocycles. The van der Waals surface area contributed by atoms with Crippen LogP contribution in [0.25, 0.3) is 10.2 Å². The van der Waals surface area contributed by atoms with Crippen LogP contribution in [0.2, 0.25) is 0 Å². The van der Waals surface area contributed by atoms with Gasteiger partial charge >= 0.3 is 0 Å². The van der Waals surface area contributed by atoms with E-state index in [1.54, 1.807) is 0 Å². The van der Waals surface area contributed by atoms with Gasteiger partial charge in [0.1, 0.15) is 10.5 Å². The highest BCUT2D eigenvalue weighted by Crippen LogP contribution is 2.13. The summed E-state index contributed by atoms with van der Waals surface area (Å²) in [6.07, 6.45) is 0. The van der Waals surface area contributed by atoms with E-state index < -0.39 is 0 Å². The van der Waals surface area contributed by atoms with E-state index in [2.05, 4.69) is 20.2 Å². The van der Waals surface area contributed by atoms with Gasteiger partial charge in [-0.15, -0.1) is 11.3 Å². The number of fused-ring (bicyclic) bond motifs is 1. The number of hydrogen-bond acceptors (Lipinski definition) is 5. The Bertz CT molecular complexity index is 548. The van der Waals surface area contributed by atoms with Crippen molar-refractivity contribution in [1.82, 2.24) is 20.2 Å². The fraction of sp³-hybridized carbons (Fsp3) is 0.455. The van der Waals surface area contributed by atoms with E-state index in [-0.39, 0.29) is 5.56 Å². The summed E-state index contributed by atoms with van der Waals surface area (Å²) in [7, 11) is 3.93. The number of nitrogens with one attached hydrogen (secondary N) is 2. The van der Waals surface area contributed by atoms with Crippen molar-refractivity contribution < 1.29 is 0 Å². The van der Waals surface area contributed by atoms with E-state index in [1.165, 1.54) is 11.3 Å². The number of H-pyrrole nitrogens is 1.